The van der Waals surface area contributed by atoms with Crippen molar-refractivity contribution in [2.75, 3.05) is 24.5 Å². The van der Waals surface area contributed by atoms with E-state index in [1.165, 1.54) is 0 Å². The molecule has 5 rings (SSSR count). The second-order valence-corrected chi connectivity index (χ2v) is 8.42. The Morgan fingerprint density at radius 3 is 2.69 bits per heavy atom. The molecule has 1 aliphatic rings. The molecule has 0 spiro atoms. The summed E-state index contributed by atoms with van der Waals surface area (Å²) in [5.74, 6) is 1.44. The normalized spacial score (nSPS) is 17.7. The van der Waals surface area contributed by atoms with Crippen LogP contribution in [0, 0.1) is 5.92 Å². The number of rotatable bonds is 4. The number of hydrogen-bond acceptors (Lipinski definition) is 5. The van der Waals surface area contributed by atoms with Crippen LogP contribution in [-0.2, 0) is 5.60 Å². The van der Waals surface area contributed by atoms with Crippen molar-refractivity contribution in [3.05, 3.63) is 48.3 Å². The summed E-state index contributed by atoms with van der Waals surface area (Å²) in [6.45, 7) is 6.15. The van der Waals surface area contributed by atoms with Crippen molar-refractivity contribution in [2.24, 2.45) is 11.7 Å². The van der Waals surface area contributed by atoms with Crippen LogP contribution in [-0.4, -0.2) is 44.1 Å². The van der Waals surface area contributed by atoms with E-state index in [4.69, 9.17) is 10.7 Å². The van der Waals surface area contributed by atoms with E-state index >= 15 is 0 Å². The molecular formula is C22H26N6O. The molecule has 7 nitrogen and oxygen atoms in total. The second kappa shape index (κ2) is 6.57. The number of H-pyrrole nitrogens is 1. The summed E-state index contributed by atoms with van der Waals surface area (Å²) in [5.41, 5.74) is 10.7. The van der Waals surface area contributed by atoms with Gasteiger partial charge in [0.05, 0.1) is 28.5 Å². The van der Waals surface area contributed by atoms with Gasteiger partial charge in [-0.15, -0.1) is 0 Å². The second-order valence-electron chi connectivity index (χ2n) is 8.42. The molecule has 4 heterocycles. The van der Waals surface area contributed by atoms with E-state index in [1.54, 1.807) is 13.8 Å². The van der Waals surface area contributed by atoms with Crippen LogP contribution in [0.5, 0.6) is 0 Å². The number of aromatic amines is 1. The molecule has 4 aromatic rings. The van der Waals surface area contributed by atoms with Gasteiger partial charge in [-0.1, -0.05) is 24.3 Å². The van der Waals surface area contributed by atoms with Gasteiger partial charge >= 0.3 is 0 Å². The molecular weight excluding hydrogens is 364 g/mol. The zero-order chi connectivity index (χ0) is 20.2. The predicted molar refractivity (Wildman–Crippen MR) is 115 cm³/mol. The van der Waals surface area contributed by atoms with Crippen molar-refractivity contribution < 1.29 is 5.11 Å². The van der Waals surface area contributed by atoms with E-state index < -0.39 is 5.60 Å². The first-order valence-corrected chi connectivity index (χ1v) is 10.1. The highest BCUT2D eigenvalue weighted by atomic mass is 16.3. The predicted octanol–water partition coefficient (Wildman–Crippen LogP) is 2.89. The first-order chi connectivity index (χ1) is 14.0. The maximum absolute atomic E-state index is 10.3. The molecule has 29 heavy (non-hydrogen) atoms. The number of aliphatic hydroxyl groups is 1. The summed E-state index contributed by atoms with van der Waals surface area (Å²) in [5, 5.41) is 10.3. The van der Waals surface area contributed by atoms with Gasteiger partial charge in [-0.05, 0) is 44.4 Å². The zero-order valence-electron chi connectivity index (χ0n) is 16.8. The number of fused-ring (bicyclic) bond motifs is 3. The summed E-state index contributed by atoms with van der Waals surface area (Å²) >= 11 is 0. The van der Waals surface area contributed by atoms with E-state index in [1.807, 2.05) is 42.7 Å². The highest BCUT2D eigenvalue weighted by Gasteiger charge is 2.27. The van der Waals surface area contributed by atoms with Crippen molar-refractivity contribution in [1.82, 2.24) is 19.4 Å². The molecule has 1 aromatic carbocycles. The molecule has 0 amide bonds. The summed E-state index contributed by atoms with van der Waals surface area (Å²) < 4.78 is 2.19. The molecule has 0 aliphatic carbocycles. The fourth-order valence-corrected chi connectivity index (χ4v) is 4.21. The molecule has 0 saturated carbocycles. The topological polar surface area (TPSA) is 95.5 Å². The third kappa shape index (κ3) is 2.97. The average Bonchev–Trinajstić information content (AvgIpc) is 3.43. The maximum atomic E-state index is 10.3. The smallest absolute Gasteiger partial charge is 0.211 e. The molecule has 1 unspecified atom stereocenters. The van der Waals surface area contributed by atoms with E-state index in [0.717, 1.165) is 59.0 Å². The third-order valence-electron chi connectivity index (χ3n) is 5.92. The Kier molecular flexibility index (Phi) is 4.11. The molecule has 1 saturated heterocycles. The van der Waals surface area contributed by atoms with Gasteiger partial charge in [0.25, 0.3) is 0 Å². The molecule has 1 aliphatic heterocycles. The van der Waals surface area contributed by atoms with Gasteiger partial charge in [-0.3, -0.25) is 4.40 Å². The molecule has 150 valence electrons. The van der Waals surface area contributed by atoms with Gasteiger partial charge < -0.3 is 20.7 Å². The highest BCUT2D eigenvalue weighted by molar-refractivity contribution is 5.86. The number of aromatic nitrogens is 4. The first-order valence-electron chi connectivity index (χ1n) is 10.1. The van der Waals surface area contributed by atoms with Gasteiger partial charge in [0.1, 0.15) is 0 Å². The fraction of sp³-hybridized carbons (Fsp3) is 0.364. The number of imidazole rings is 1. The first kappa shape index (κ1) is 18.1. The van der Waals surface area contributed by atoms with Gasteiger partial charge in [0, 0.05) is 24.8 Å². The van der Waals surface area contributed by atoms with E-state index in [0.29, 0.717) is 12.5 Å². The lowest BCUT2D eigenvalue weighted by atomic mass is 9.97. The molecule has 0 bridgehead atoms. The summed E-state index contributed by atoms with van der Waals surface area (Å²) in [7, 11) is 0. The molecule has 1 atom stereocenters. The Morgan fingerprint density at radius 1 is 1.21 bits per heavy atom. The van der Waals surface area contributed by atoms with E-state index in [-0.39, 0.29) is 0 Å². The van der Waals surface area contributed by atoms with Crippen molar-refractivity contribution >= 4 is 22.6 Å². The lowest BCUT2D eigenvalue weighted by Crippen LogP contribution is -2.24. The van der Waals surface area contributed by atoms with E-state index in [9.17, 15) is 5.11 Å². The van der Waals surface area contributed by atoms with Crippen LogP contribution in [0.2, 0.25) is 0 Å². The van der Waals surface area contributed by atoms with Crippen LogP contribution in [0.3, 0.4) is 0 Å². The third-order valence-corrected chi connectivity index (χ3v) is 5.92. The largest absolute Gasteiger partial charge is 0.386 e. The molecule has 4 N–H and O–H groups in total. The van der Waals surface area contributed by atoms with Crippen LogP contribution in [0.4, 0.5) is 5.95 Å². The van der Waals surface area contributed by atoms with Gasteiger partial charge in [-0.2, -0.15) is 0 Å². The molecule has 3 aromatic heterocycles. The highest BCUT2D eigenvalue weighted by Crippen LogP contribution is 2.34. The van der Waals surface area contributed by atoms with Crippen molar-refractivity contribution in [3.63, 3.8) is 0 Å². The number of anilines is 1. The van der Waals surface area contributed by atoms with Crippen LogP contribution in [0.25, 0.3) is 27.9 Å². The summed E-state index contributed by atoms with van der Waals surface area (Å²) in [6, 6.07) is 10.0. The Labute approximate surface area is 169 Å². The van der Waals surface area contributed by atoms with Crippen molar-refractivity contribution in [3.8, 4) is 11.3 Å². The number of nitrogens with two attached hydrogens (primary N) is 1. The van der Waals surface area contributed by atoms with Crippen LogP contribution in [0.1, 0.15) is 25.8 Å². The lowest BCUT2D eigenvalue weighted by molar-refractivity contribution is 0.0786. The summed E-state index contributed by atoms with van der Waals surface area (Å²) in [6.07, 6.45) is 4.87. The van der Waals surface area contributed by atoms with Gasteiger partial charge in [0.15, 0.2) is 5.65 Å². The van der Waals surface area contributed by atoms with Crippen LogP contribution in [0.15, 0.2) is 42.7 Å². The maximum Gasteiger partial charge on any atom is 0.211 e. The SMILES string of the molecule is CC(C)(O)c1ccc(-c2nc(N3CCC(CN)C3)n3c2cnc2[nH]ccc23)cc1. The number of nitrogens with one attached hydrogen (secondary N) is 1. The molecule has 7 heteroatoms. The van der Waals surface area contributed by atoms with Gasteiger partial charge in [0.2, 0.25) is 5.95 Å². The Balaban J connectivity index is 1.68. The van der Waals surface area contributed by atoms with Crippen molar-refractivity contribution in [1.29, 1.82) is 0 Å². The zero-order valence-corrected chi connectivity index (χ0v) is 16.8. The standard InChI is InChI=1S/C22H26N6O/c1-22(2,29)16-5-3-15(4-6-16)19-18-12-25-20-17(7-9-24-20)28(18)21(26-19)27-10-8-14(11-23)13-27/h3-7,9,12,14,24,29H,8,10-11,13,23H2,1-2H3. The minimum atomic E-state index is -0.869. The minimum Gasteiger partial charge on any atom is -0.386 e. The minimum absolute atomic E-state index is 0.500. The van der Waals surface area contributed by atoms with Crippen molar-refractivity contribution in [2.45, 2.75) is 25.9 Å². The van der Waals surface area contributed by atoms with E-state index in [2.05, 4.69) is 19.3 Å². The van der Waals surface area contributed by atoms with Crippen LogP contribution >= 0.6 is 0 Å². The number of hydrogen-bond donors (Lipinski definition) is 3. The quantitative estimate of drug-likeness (QED) is 0.498. The average molecular weight is 390 g/mol. The summed E-state index contributed by atoms with van der Waals surface area (Å²) in [4.78, 5) is 15.2. The Hall–Kier alpha value is -2.90. The molecule has 0 radical (unpaired) electrons. The lowest BCUT2D eigenvalue weighted by Gasteiger charge is -2.17. The van der Waals surface area contributed by atoms with Gasteiger partial charge in [-0.25, -0.2) is 9.97 Å². The monoisotopic (exact) mass is 390 g/mol. The van der Waals surface area contributed by atoms with Crippen LogP contribution < -0.4 is 10.6 Å². The Bertz CT molecular complexity index is 1170. The Morgan fingerprint density at radius 2 is 2.00 bits per heavy atom. The fourth-order valence-electron chi connectivity index (χ4n) is 4.21. The number of nitrogens with zero attached hydrogens (tertiary/aromatic N) is 4. The number of benzene rings is 1. The molecule has 1 fully saturated rings.